The molecule has 4 aromatic rings. The zero-order chi connectivity index (χ0) is 26.9. The Morgan fingerprint density at radius 2 is 1.87 bits per heavy atom. The van der Waals surface area contributed by atoms with Gasteiger partial charge < -0.3 is 14.6 Å². The van der Waals surface area contributed by atoms with Gasteiger partial charge in [-0.2, -0.15) is 13.2 Å². The fourth-order valence-electron chi connectivity index (χ4n) is 4.91. The topological polar surface area (TPSA) is 92.2 Å². The molecule has 1 N–H and O–H groups in total. The van der Waals surface area contributed by atoms with Crippen LogP contribution < -0.4 is 10.5 Å². The minimum atomic E-state index is -4.41. The third-order valence-corrected chi connectivity index (χ3v) is 6.85. The zero-order valence-electron chi connectivity index (χ0n) is 21.1. The lowest BCUT2D eigenvalue weighted by Gasteiger charge is -2.39. The molecular formula is C26H28F3N7O2. The number of aromatic nitrogens is 5. The van der Waals surface area contributed by atoms with Gasteiger partial charge in [-0.05, 0) is 59.1 Å². The van der Waals surface area contributed by atoms with Gasteiger partial charge in [-0.1, -0.05) is 17.7 Å². The summed E-state index contributed by atoms with van der Waals surface area (Å²) < 4.78 is 46.6. The van der Waals surface area contributed by atoms with Crippen LogP contribution >= 0.6 is 0 Å². The van der Waals surface area contributed by atoms with Crippen LogP contribution in [0, 0.1) is 6.92 Å². The Labute approximate surface area is 216 Å². The lowest BCUT2D eigenvalue weighted by Crippen LogP contribution is -2.49. The number of fused-ring (bicyclic) bond motifs is 1. The van der Waals surface area contributed by atoms with Crippen LogP contribution in [0.4, 0.5) is 18.9 Å². The Morgan fingerprint density at radius 1 is 1.08 bits per heavy atom. The van der Waals surface area contributed by atoms with E-state index in [1.807, 2.05) is 36.1 Å². The summed E-state index contributed by atoms with van der Waals surface area (Å²) in [6, 6.07) is 12.5. The molecule has 1 fully saturated rings. The molecule has 0 radical (unpaired) electrons. The highest BCUT2D eigenvalue weighted by atomic mass is 19.4. The number of nitrogens with zero attached hydrogens (tertiary/aromatic N) is 6. The van der Waals surface area contributed by atoms with E-state index in [9.17, 15) is 18.0 Å². The Bertz CT molecular complexity index is 1480. The van der Waals surface area contributed by atoms with E-state index < -0.39 is 17.8 Å². The molecule has 38 heavy (non-hydrogen) atoms. The summed E-state index contributed by atoms with van der Waals surface area (Å²) in [5.74, 6) is 0.507. The van der Waals surface area contributed by atoms with Gasteiger partial charge in [0.15, 0.2) is 5.82 Å². The number of aryl methyl sites for hydroxylation is 1. The van der Waals surface area contributed by atoms with Crippen LogP contribution in [-0.4, -0.2) is 70.0 Å². The molecule has 12 heteroatoms. The summed E-state index contributed by atoms with van der Waals surface area (Å²) in [6.07, 6.45) is -4.41. The van der Waals surface area contributed by atoms with Gasteiger partial charge >= 0.3 is 6.18 Å². The SMILES string of the molecule is COCCn1nnnc1C(c1cc2cc(C)ccc2[nH]c1=O)N1CCN(c2cccc(C(F)(F)F)c2)CC1. The lowest BCUT2D eigenvalue weighted by atomic mass is 10.0. The number of aromatic amines is 1. The van der Waals surface area contributed by atoms with Crippen LogP contribution in [0.25, 0.3) is 10.9 Å². The smallest absolute Gasteiger partial charge is 0.383 e. The first-order valence-electron chi connectivity index (χ1n) is 12.3. The second-order valence-electron chi connectivity index (χ2n) is 9.37. The van der Waals surface area contributed by atoms with Gasteiger partial charge in [0.1, 0.15) is 6.04 Å². The molecule has 2 aromatic carbocycles. The van der Waals surface area contributed by atoms with Crippen molar-refractivity contribution in [1.29, 1.82) is 0 Å². The minimum absolute atomic E-state index is 0.243. The Morgan fingerprint density at radius 3 is 2.61 bits per heavy atom. The predicted octanol–water partition coefficient (Wildman–Crippen LogP) is 3.40. The molecule has 1 unspecified atom stereocenters. The molecule has 0 saturated carbocycles. The highest BCUT2D eigenvalue weighted by molar-refractivity contribution is 5.79. The van der Waals surface area contributed by atoms with Gasteiger partial charge in [-0.25, -0.2) is 4.68 Å². The maximum atomic E-state index is 13.3. The molecule has 5 rings (SSSR count). The van der Waals surface area contributed by atoms with E-state index >= 15 is 0 Å². The minimum Gasteiger partial charge on any atom is -0.383 e. The number of methoxy groups -OCH3 is 1. The summed E-state index contributed by atoms with van der Waals surface area (Å²) in [7, 11) is 1.59. The quantitative estimate of drug-likeness (QED) is 0.394. The van der Waals surface area contributed by atoms with Gasteiger partial charge in [-0.3, -0.25) is 9.69 Å². The number of H-pyrrole nitrogens is 1. The van der Waals surface area contributed by atoms with E-state index in [0.29, 0.717) is 56.4 Å². The van der Waals surface area contributed by atoms with Gasteiger partial charge in [0, 0.05) is 50.1 Å². The van der Waals surface area contributed by atoms with Crippen molar-refractivity contribution >= 4 is 16.6 Å². The summed E-state index contributed by atoms with van der Waals surface area (Å²) >= 11 is 0. The number of hydrogen-bond donors (Lipinski definition) is 1. The van der Waals surface area contributed by atoms with E-state index in [4.69, 9.17) is 4.74 Å². The van der Waals surface area contributed by atoms with Crippen molar-refractivity contribution in [2.75, 3.05) is 44.8 Å². The molecule has 200 valence electrons. The van der Waals surface area contributed by atoms with E-state index in [1.165, 1.54) is 12.1 Å². The molecule has 9 nitrogen and oxygen atoms in total. The number of ether oxygens (including phenoxy) is 1. The van der Waals surface area contributed by atoms with Crippen molar-refractivity contribution in [3.8, 4) is 0 Å². The largest absolute Gasteiger partial charge is 0.416 e. The maximum Gasteiger partial charge on any atom is 0.416 e. The highest BCUT2D eigenvalue weighted by Gasteiger charge is 2.34. The fourth-order valence-corrected chi connectivity index (χ4v) is 4.91. The van der Waals surface area contributed by atoms with Crippen LogP contribution in [0.2, 0.25) is 0 Å². The van der Waals surface area contributed by atoms with Gasteiger partial charge in [-0.15, -0.1) is 5.10 Å². The number of nitrogens with one attached hydrogen (secondary N) is 1. The number of anilines is 1. The molecule has 1 aliphatic heterocycles. The second-order valence-corrected chi connectivity index (χ2v) is 9.37. The van der Waals surface area contributed by atoms with E-state index in [-0.39, 0.29) is 5.56 Å². The predicted molar refractivity (Wildman–Crippen MR) is 136 cm³/mol. The molecule has 3 heterocycles. The second kappa shape index (κ2) is 10.5. The molecule has 1 aliphatic rings. The van der Waals surface area contributed by atoms with Crippen molar-refractivity contribution in [2.45, 2.75) is 25.7 Å². The number of halogens is 3. The third-order valence-electron chi connectivity index (χ3n) is 6.85. The first-order chi connectivity index (χ1) is 18.2. The molecule has 0 aliphatic carbocycles. The maximum absolute atomic E-state index is 13.3. The normalized spacial score (nSPS) is 15.8. The highest BCUT2D eigenvalue weighted by Crippen LogP contribution is 2.33. The number of tetrazole rings is 1. The van der Waals surface area contributed by atoms with E-state index in [1.54, 1.807) is 17.9 Å². The van der Waals surface area contributed by atoms with Crippen molar-refractivity contribution < 1.29 is 17.9 Å². The van der Waals surface area contributed by atoms with Crippen molar-refractivity contribution in [3.05, 3.63) is 81.4 Å². The first kappa shape index (κ1) is 25.9. The number of rotatable bonds is 7. The molecule has 0 spiro atoms. The standard InChI is InChI=1S/C26H28F3N7O2/c1-17-6-7-22-18(14-17)15-21(25(37)30-22)23(24-31-32-33-36(24)12-13-38-2)35-10-8-34(9-11-35)20-5-3-4-19(16-20)26(27,28)29/h3-7,14-16,23H,8-13H2,1-2H3,(H,30,37). The molecule has 2 aromatic heterocycles. The number of piperazine rings is 1. The van der Waals surface area contributed by atoms with Crippen molar-refractivity contribution in [3.63, 3.8) is 0 Å². The summed E-state index contributed by atoms with van der Waals surface area (Å²) in [5.41, 5.74) is 1.89. The molecule has 1 saturated heterocycles. The Balaban J connectivity index is 1.49. The third kappa shape index (κ3) is 5.27. The van der Waals surface area contributed by atoms with Crippen LogP contribution in [0.1, 0.15) is 28.6 Å². The van der Waals surface area contributed by atoms with Crippen molar-refractivity contribution in [2.24, 2.45) is 0 Å². The monoisotopic (exact) mass is 527 g/mol. The Kier molecular flexibility index (Phi) is 7.17. The number of pyridine rings is 1. The summed E-state index contributed by atoms with van der Waals surface area (Å²) in [4.78, 5) is 20.3. The fraction of sp³-hybridized carbons (Fsp3) is 0.385. The van der Waals surface area contributed by atoms with Crippen LogP contribution in [0.15, 0.2) is 53.3 Å². The van der Waals surface area contributed by atoms with Crippen LogP contribution in [0.3, 0.4) is 0 Å². The average Bonchev–Trinajstić information content (AvgIpc) is 3.36. The summed E-state index contributed by atoms with van der Waals surface area (Å²) in [5, 5.41) is 13.2. The van der Waals surface area contributed by atoms with Gasteiger partial charge in [0.05, 0.1) is 18.7 Å². The lowest BCUT2D eigenvalue weighted by molar-refractivity contribution is -0.137. The zero-order valence-corrected chi connectivity index (χ0v) is 21.1. The van der Waals surface area contributed by atoms with Gasteiger partial charge in [0.2, 0.25) is 0 Å². The Hall–Kier alpha value is -3.77. The van der Waals surface area contributed by atoms with Gasteiger partial charge in [0.25, 0.3) is 5.56 Å². The molecule has 0 bridgehead atoms. The average molecular weight is 528 g/mol. The van der Waals surface area contributed by atoms with E-state index in [2.05, 4.69) is 25.4 Å². The van der Waals surface area contributed by atoms with Crippen LogP contribution in [-0.2, 0) is 17.5 Å². The molecular weight excluding hydrogens is 499 g/mol. The molecule has 0 amide bonds. The number of alkyl halides is 3. The van der Waals surface area contributed by atoms with Crippen molar-refractivity contribution in [1.82, 2.24) is 30.1 Å². The number of benzene rings is 2. The van der Waals surface area contributed by atoms with E-state index in [0.717, 1.165) is 22.5 Å². The van der Waals surface area contributed by atoms with Crippen LogP contribution in [0.5, 0.6) is 0 Å². The number of hydrogen-bond acceptors (Lipinski definition) is 7. The summed E-state index contributed by atoms with van der Waals surface area (Å²) in [6.45, 7) is 4.71. The molecule has 1 atom stereocenters. The first-order valence-corrected chi connectivity index (χ1v) is 12.3.